The Morgan fingerprint density at radius 2 is 1.78 bits per heavy atom. The summed E-state index contributed by atoms with van der Waals surface area (Å²) in [6.07, 6.45) is 1.84. The van der Waals surface area contributed by atoms with Crippen molar-refractivity contribution in [3.63, 3.8) is 0 Å². The van der Waals surface area contributed by atoms with E-state index in [0.29, 0.717) is 29.3 Å². The van der Waals surface area contributed by atoms with E-state index in [1.54, 1.807) is 50.2 Å². The van der Waals surface area contributed by atoms with E-state index in [9.17, 15) is 13.2 Å². The van der Waals surface area contributed by atoms with Crippen LogP contribution < -0.4 is 14.8 Å². The number of hydrogen-bond donors (Lipinski definition) is 2. The molecule has 0 aliphatic heterocycles. The fourth-order valence-electron chi connectivity index (χ4n) is 2.31. The van der Waals surface area contributed by atoms with Gasteiger partial charge >= 0.3 is 0 Å². The molecule has 1 unspecified atom stereocenters. The molecule has 0 saturated carbocycles. The van der Waals surface area contributed by atoms with Crippen LogP contribution in [0.3, 0.4) is 0 Å². The molecular formula is C19H24N2O4S2. The number of nitrogens with one attached hydrogen (secondary N) is 2. The molecule has 0 aromatic heterocycles. The van der Waals surface area contributed by atoms with Crippen molar-refractivity contribution in [2.24, 2.45) is 0 Å². The summed E-state index contributed by atoms with van der Waals surface area (Å²) in [6, 6.07) is 11.5. The third-order valence-corrected chi connectivity index (χ3v) is 6.33. The Kier molecular flexibility index (Phi) is 7.15. The van der Waals surface area contributed by atoms with Crippen LogP contribution in [0.15, 0.2) is 47.4 Å². The van der Waals surface area contributed by atoms with E-state index in [0.717, 1.165) is 0 Å². The lowest BCUT2D eigenvalue weighted by Gasteiger charge is -2.14. The Balaban J connectivity index is 2.24. The zero-order chi connectivity index (χ0) is 20.0. The number of thioether (sulfide) groups is 1. The molecule has 6 nitrogen and oxygen atoms in total. The number of carbonyl (C=O) groups excluding carboxylic acids is 1. The zero-order valence-corrected chi connectivity index (χ0v) is 17.4. The molecule has 0 bridgehead atoms. The van der Waals surface area contributed by atoms with Crippen molar-refractivity contribution in [1.82, 2.24) is 0 Å². The molecule has 146 valence electrons. The van der Waals surface area contributed by atoms with Gasteiger partial charge in [-0.05, 0) is 69.0 Å². The Bertz CT molecular complexity index is 896. The van der Waals surface area contributed by atoms with Crippen molar-refractivity contribution in [3.8, 4) is 5.75 Å². The standard InChI is InChI=1S/C19H24N2O4S2/c1-5-25-17-10-8-15(9-11-17)21-27(23,24)18-12-16(7-6-13(18)2)20-19(22)14(3)26-4/h6-12,14,21H,5H2,1-4H3,(H,20,22). The summed E-state index contributed by atoms with van der Waals surface area (Å²) in [4.78, 5) is 12.2. The average molecular weight is 409 g/mol. The summed E-state index contributed by atoms with van der Waals surface area (Å²) in [5, 5.41) is 2.52. The SMILES string of the molecule is CCOc1ccc(NS(=O)(=O)c2cc(NC(=O)C(C)SC)ccc2C)cc1. The number of ether oxygens (including phenoxy) is 1. The normalized spacial score (nSPS) is 12.3. The molecule has 0 aliphatic rings. The second-order valence-electron chi connectivity index (χ2n) is 5.91. The number of benzene rings is 2. The summed E-state index contributed by atoms with van der Waals surface area (Å²) in [5.74, 6) is 0.499. The highest BCUT2D eigenvalue weighted by Gasteiger charge is 2.19. The van der Waals surface area contributed by atoms with Gasteiger partial charge in [0.15, 0.2) is 0 Å². The van der Waals surface area contributed by atoms with Gasteiger partial charge in [-0.25, -0.2) is 8.42 Å². The van der Waals surface area contributed by atoms with Crippen molar-refractivity contribution in [2.75, 3.05) is 22.9 Å². The van der Waals surface area contributed by atoms with Gasteiger partial charge in [0.25, 0.3) is 10.0 Å². The molecule has 0 heterocycles. The third kappa shape index (κ3) is 5.64. The van der Waals surface area contributed by atoms with Crippen LogP contribution >= 0.6 is 11.8 Å². The molecule has 8 heteroatoms. The van der Waals surface area contributed by atoms with Crippen molar-refractivity contribution in [1.29, 1.82) is 0 Å². The first kappa shape index (κ1) is 21.1. The van der Waals surface area contributed by atoms with Gasteiger partial charge in [0.05, 0.1) is 16.8 Å². The van der Waals surface area contributed by atoms with Crippen LogP contribution in [0.4, 0.5) is 11.4 Å². The van der Waals surface area contributed by atoms with Gasteiger partial charge in [0.2, 0.25) is 5.91 Å². The van der Waals surface area contributed by atoms with Gasteiger partial charge in [-0.2, -0.15) is 11.8 Å². The highest BCUT2D eigenvalue weighted by molar-refractivity contribution is 7.99. The Hall–Kier alpha value is -2.19. The van der Waals surface area contributed by atoms with Crippen LogP contribution in [0, 0.1) is 6.92 Å². The quantitative estimate of drug-likeness (QED) is 0.692. The number of hydrogen-bond acceptors (Lipinski definition) is 5. The van der Waals surface area contributed by atoms with Gasteiger partial charge in [0.1, 0.15) is 5.75 Å². The van der Waals surface area contributed by atoms with E-state index in [4.69, 9.17) is 4.74 Å². The maximum absolute atomic E-state index is 12.8. The lowest BCUT2D eigenvalue weighted by Crippen LogP contribution is -2.22. The van der Waals surface area contributed by atoms with Crippen LogP contribution in [0.1, 0.15) is 19.4 Å². The summed E-state index contributed by atoms with van der Waals surface area (Å²) in [6.45, 7) is 5.92. The first-order chi connectivity index (χ1) is 12.8. The maximum atomic E-state index is 12.8. The molecule has 0 saturated heterocycles. The number of amides is 1. The van der Waals surface area contributed by atoms with Crippen molar-refractivity contribution >= 4 is 39.1 Å². The van der Waals surface area contributed by atoms with E-state index in [1.807, 2.05) is 13.2 Å². The summed E-state index contributed by atoms with van der Waals surface area (Å²) < 4.78 is 33.5. The van der Waals surface area contributed by atoms with E-state index in [1.165, 1.54) is 17.8 Å². The maximum Gasteiger partial charge on any atom is 0.262 e. The monoisotopic (exact) mass is 408 g/mol. The molecule has 0 radical (unpaired) electrons. The third-order valence-electron chi connectivity index (χ3n) is 3.89. The van der Waals surface area contributed by atoms with Gasteiger partial charge in [-0.3, -0.25) is 9.52 Å². The van der Waals surface area contributed by atoms with Crippen LogP contribution in [0.5, 0.6) is 5.75 Å². The molecule has 2 aromatic carbocycles. The number of anilines is 2. The van der Waals surface area contributed by atoms with Gasteiger partial charge < -0.3 is 10.1 Å². The highest BCUT2D eigenvalue weighted by Crippen LogP contribution is 2.24. The molecular weight excluding hydrogens is 384 g/mol. The van der Waals surface area contributed by atoms with Crippen LogP contribution in [0.2, 0.25) is 0 Å². The van der Waals surface area contributed by atoms with Crippen LogP contribution in [0.25, 0.3) is 0 Å². The number of aryl methyl sites for hydroxylation is 1. The number of rotatable bonds is 8. The Labute approximate surface area is 164 Å². The van der Waals surface area contributed by atoms with Gasteiger partial charge in [-0.1, -0.05) is 6.07 Å². The summed E-state index contributed by atoms with van der Waals surface area (Å²) in [5.41, 5.74) is 1.46. The van der Waals surface area contributed by atoms with Crippen LogP contribution in [-0.2, 0) is 14.8 Å². The van der Waals surface area contributed by atoms with Crippen molar-refractivity contribution in [3.05, 3.63) is 48.0 Å². The highest BCUT2D eigenvalue weighted by atomic mass is 32.2. The first-order valence-electron chi connectivity index (χ1n) is 8.46. The minimum atomic E-state index is -3.80. The first-order valence-corrected chi connectivity index (χ1v) is 11.2. The minimum absolute atomic E-state index is 0.117. The van der Waals surface area contributed by atoms with Gasteiger partial charge in [0, 0.05) is 11.4 Å². The molecule has 2 aromatic rings. The largest absolute Gasteiger partial charge is 0.494 e. The molecule has 0 spiro atoms. The van der Waals surface area contributed by atoms with Crippen molar-refractivity contribution < 1.29 is 17.9 Å². The predicted octanol–water partition coefficient (Wildman–Crippen LogP) is 3.88. The smallest absolute Gasteiger partial charge is 0.262 e. The summed E-state index contributed by atoms with van der Waals surface area (Å²) >= 11 is 1.42. The van der Waals surface area contributed by atoms with E-state index in [-0.39, 0.29) is 16.1 Å². The lowest BCUT2D eigenvalue weighted by molar-refractivity contribution is -0.115. The average Bonchev–Trinajstić information content (AvgIpc) is 2.64. The number of sulfonamides is 1. The molecule has 2 rings (SSSR count). The van der Waals surface area contributed by atoms with Crippen LogP contribution in [-0.4, -0.2) is 32.4 Å². The molecule has 1 amide bonds. The minimum Gasteiger partial charge on any atom is -0.494 e. The molecule has 0 aliphatic carbocycles. The predicted molar refractivity (Wildman–Crippen MR) is 111 cm³/mol. The van der Waals surface area contributed by atoms with E-state index in [2.05, 4.69) is 10.0 Å². The van der Waals surface area contributed by atoms with Crippen molar-refractivity contribution in [2.45, 2.75) is 30.9 Å². The van der Waals surface area contributed by atoms with Gasteiger partial charge in [-0.15, -0.1) is 0 Å². The summed E-state index contributed by atoms with van der Waals surface area (Å²) in [7, 11) is -3.80. The molecule has 1 atom stereocenters. The Morgan fingerprint density at radius 3 is 2.37 bits per heavy atom. The molecule has 27 heavy (non-hydrogen) atoms. The van der Waals surface area contributed by atoms with E-state index >= 15 is 0 Å². The topological polar surface area (TPSA) is 84.5 Å². The second kappa shape index (κ2) is 9.14. The fraction of sp³-hybridized carbons (Fsp3) is 0.316. The zero-order valence-electron chi connectivity index (χ0n) is 15.8. The molecule has 0 fully saturated rings. The second-order valence-corrected chi connectivity index (χ2v) is 8.74. The molecule has 2 N–H and O–H groups in total. The van der Waals surface area contributed by atoms with E-state index < -0.39 is 10.0 Å². The Morgan fingerprint density at radius 1 is 1.15 bits per heavy atom. The fourth-order valence-corrected chi connectivity index (χ4v) is 3.92. The number of carbonyl (C=O) groups is 1. The lowest BCUT2D eigenvalue weighted by atomic mass is 10.2.